The molecule has 2 aromatic rings. The molecule has 0 atom stereocenters. The molecule has 0 bridgehead atoms. The number of hydrogen-bond acceptors (Lipinski definition) is 2. The Morgan fingerprint density at radius 1 is 1.06 bits per heavy atom. The summed E-state index contributed by atoms with van der Waals surface area (Å²) >= 11 is 0. The van der Waals surface area contributed by atoms with Crippen molar-refractivity contribution in [3.63, 3.8) is 0 Å². The normalized spacial score (nSPS) is 10.4. The highest BCUT2D eigenvalue weighted by atomic mass is 19.1. The van der Waals surface area contributed by atoms with Crippen LogP contribution in [0.15, 0.2) is 42.5 Å². The van der Waals surface area contributed by atoms with Crippen LogP contribution in [0.5, 0.6) is 11.5 Å². The Kier molecular flexibility index (Phi) is 3.95. The van der Waals surface area contributed by atoms with Crippen molar-refractivity contribution in [1.29, 1.82) is 0 Å². The number of benzene rings is 2. The molecule has 0 fully saturated rings. The third-order valence-electron chi connectivity index (χ3n) is 2.74. The zero-order valence-electron chi connectivity index (χ0n) is 10.2. The highest BCUT2D eigenvalue weighted by Crippen LogP contribution is 2.25. The largest absolute Gasteiger partial charge is 0.454 e. The molecular formula is C15H15FO2. The van der Waals surface area contributed by atoms with Gasteiger partial charge in [-0.05, 0) is 41.8 Å². The molecule has 2 rings (SSSR count). The quantitative estimate of drug-likeness (QED) is 0.891. The monoisotopic (exact) mass is 246 g/mol. The van der Waals surface area contributed by atoms with Crippen LogP contribution < -0.4 is 4.74 Å². The average molecular weight is 246 g/mol. The molecule has 2 nitrogen and oxygen atoms in total. The minimum Gasteiger partial charge on any atom is -0.454 e. The maximum atomic E-state index is 13.6. The van der Waals surface area contributed by atoms with Gasteiger partial charge < -0.3 is 9.84 Å². The van der Waals surface area contributed by atoms with Crippen LogP contribution >= 0.6 is 0 Å². The number of rotatable bonds is 4. The topological polar surface area (TPSA) is 29.5 Å². The number of aliphatic hydroxyl groups excluding tert-OH is 1. The van der Waals surface area contributed by atoms with Crippen molar-refractivity contribution in [2.45, 2.75) is 20.0 Å². The van der Waals surface area contributed by atoms with Crippen LogP contribution in [0.4, 0.5) is 4.39 Å². The van der Waals surface area contributed by atoms with Crippen LogP contribution in [0.25, 0.3) is 0 Å². The van der Waals surface area contributed by atoms with Crippen LogP contribution in [0.2, 0.25) is 0 Å². The second kappa shape index (κ2) is 5.65. The molecule has 2 aromatic carbocycles. The van der Waals surface area contributed by atoms with Gasteiger partial charge in [0, 0.05) is 0 Å². The summed E-state index contributed by atoms with van der Waals surface area (Å²) in [5.74, 6) is 0.292. The van der Waals surface area contributed by atoms with Gasteiger partial charge in [0.2, 0.25) is 0 Å². The van der Waals surface area contributed by atoms with Gasteiger partial charge in [-0.15, -0.1) is 0 Å². The van der Waals surface area contributed by atoms with Gasteiger partial charge in [0.15, 0.2) is 11.6 Å². The van der Waals surface area contributed by atoms with E-state index in [4.69, 9.17) is 9.84 Å². The Bertz CT molecular complexity index is 521. The van der Waals surface area contributed by atoms with Crippen molar-refractivity contribution in [3.8, 4) is 11.5 Å². The number of aliphatic hydroxyl groups is 1. The number of halogens is 1. The lowest BCUT2D eigenvalue weighted by Gasteiger charge is -2.08. The first-order valence-electron chi connectivity index (χ1n) is 5.89. The van der Waals surface area contributed by atoms with Crippen molar-refractivity contribution in [2.24, 2.45) is 0 Å². The Hall–Kier alpha value is -1.87. The van der Waals surface area contributed by atoms with Crippen LogP contribution in [0, 0.1) is 5.82 Å². The van der Waals surface area contributed by atoms with E-state index in [0.29, 0.717) is 11.3 Å². The van der Waals surface area contributed by atoms with E-state index in [-0.39, 0.29) is 12.4 Å². The molecule has 0 aliphatic heterocycles. The van der Waals surface area contributed by atoms with Crippen LogP contribution in [0.3, 0.4) is 0 Å². The molecule has 0 amide bonds. The lowest BCUT2D eigenvalue weighted by molar-refractivity contribution is 0.281. The summed E-state index contributed by atoms with van der Waals surface area (Å²) < 4.78 is 19.1. The summed E-state index contributed by atoms with van der Waals surface area (Å²) in [7, 11) is 0. The minimum absolute atomic E-state index is 0.163. The Balaban J connectivity index is 2.17. The van der Waals surface area contributed by atoms with Gasteiger partial charge in [-0.1, -0.05) is 25.1 Å². The molecule has 3 heteroatoms. The smallest absolute Gasteiger partial charge is 0.166 e. The van der Waals surface area contributed by atoms with Gasteiger partial charge in [0.25, 0.3) is 0 Å². The summed E-state index contributed by atoms with van der Waals surface area (Å²) in [6.45, 7) is 1.89. The Morgan fingerprint density at radius 3 is 2.28 bits per heavy atom. The maximum Gasteiger partial charge on any atom is 0.166 e. The van der Waals surface area contributed by atoms with Crippen LogP contribution in [-0.2, 0) is 13.0 Å². The molecule has 0 aliphatic rings. The van der Waals surface area contributed by atoms with E-state index in [9.17, 15) is 4.39 Å². The summed E-state index contributed by atoms with van der Waals surface area (Å²) in [6.07, 6.45) is 0.958. The zero-order chi connectivity index (χ0) is 13.0. The molecule has 0 heterocycles. The van der Waals surface area contributed by atoms with Gasteiger partial charge in [-0.25, -0.2) is 4.39 Å². The van der Waals surface area contributed by atoms with Gasteiger partial charge >= 0.3 is 0 Å². The fourth-order valence-electron chi connectivity index (χ4n) is 1.65. The lowest BCUT2D eigenvalue weighted by atomic mass is 10.2. The van der Waals surface area contributed by atoms with E-state index in [1.54, 1.807) is 6.07 Å². The zero-order valence-corrected chi connectivity index (χ0v) is 10.2. The lowest BCUT2D eigenvalue weighted by Crippen LogP contribution is -1.91. The second-order valence-corrected chi connectivity index (χ2v) is 4.02. The van der Waals surface area contributed by atoms with Crippen molar-refractivity contribution in [2.75, 3.05) is 0 Å². The fourth-order valence-corrected chi connectivity index (χ4v) is 1.65. The second-order valence-electron chi connectivity index (χ2n) is 4.02. The fraction of sp³-hybridized carbons (Fsp3) is 0.200. The molecular weight excluding hydrogens is 231 g/mol. The van der Waals surface area contributed by atoms with Crippen molar-refractivity contribution >= 4 is 0 Å². The summed E-state index contributed by atoms with van der Waals surface area (Å²) in [5, 5.41) is 8.89. The van der Waals surface area contributed by atoms with Crippen molar-refractivity contribution in [1.82, 2.24) is 0 Å². The van der Waals surface area contributed by atoms with Gasteiger partial charge in [-0.2, -0.15) is 0 Å². The first-order valence-corrected chi connectivity index (χ1v) is 5.89. The van der Waals surface area contributed by atoms with Gasteiger partial charge in [-0.3, -0.25) is 0 Å². The molecule has 0 unspecified atom stereocenters. The first kappa shape index (κ1) is 12.6. The van der Waals surface area contributed by atoms with E-state index < -0.39 is 5.82 Å². The predicted molar refractivity (Wildman–Crippen MR) is 68.2 cm³/mol. The summed E-state index contributed by atoms with van der Waals surface area (Å²) in [5.41, 5.74) is 1.74. The number of aryl methyl sites for hydroxylation is 1. The molecule has 0 saturated heterocycles. The first-order chi connectivity index (χ1) is 8.72. The van der Waals surface area contributed by atoms with Crippen LogP contribution in [-0.4, -0.2) is 5.11 Å². The highest BCUT2D eigenvalue weighted by molar-refractivity contribution is 5.35. The molecule has 0 aliphatic carbocycles. The van der Waals surface area contributed by atoms with Crippen molar-refractivity contribution < 1.29 is 14.2 Å². The van der Waals surface area contributed by atoms with E-state index >= 15 is 0 Å². The Morgan fingerprint density at radius 2 is 1.72 bits per heavy atom. The average Bonchev–Trinajstić information content (AvgIpc) is 2.42. The molecule has 0 radical (unpaired) electrons. The Labute approximate surface area is 106 Å². The van der Waals surface area contributed by atoms with E-state index in [2.05, 4.69) is 6.92 Å². The molecule has 0 spiro atoms. The van der Waals surface area contributed by atoms with Crippen LogP contribution in [0.1, 0.15) is 18.1 Å². The maximum absolute atomic E-state index is 13.6. The number of hydrogen-bond donors (Lipinski definition) is 1. The highest BCUT2D eigenvalue weighted by Gasteiger charge is 2.05. The third-order valence-corrected chi connectivity index (χ3v) is 2.74. The molecule has 94 valence electrons. The number of ether oxygens (including phenoxy) is 1. The van der Waals surface area contributed by atoms with Crippen molar-refractivity contribution in [3.05, 3.63) is 59.4 Å². The molecule has 0 saturated carbocycles. The standard InChI is InChI=1S/C15H15FO2/c1-2-11-3-6-13(7-4-11)18-15-8-5-12(10-17)9-14(15)16/h3-9,17H,2,10H2,1H3. The molecule has 1 N–H and O–H groups in total. The predicted octanol–water partition coefficient (Wildman–Crippen LogP) is 3.67. The molecule has 0 aromatic heterocycles. The minimum atomic E-state index is -0.471. The van der Waals surface area contributed by atoms with E-state index in [1.807, 2.05) is 24.3 Å². The van der Waals surface area contributed by atoms with E-state index in [1.165, 1.54) is 17.7 Å². The molecule has 18 heavy (non-hydrogen) atoms. The van der Waals surface area contributed by atoms with E-state index in [0.717, 1.165) is 6.42 Å². The third kappa shape index (κ3) is 2.87. The summed E-state index contributed by atoms with van der Waals surface area (Å²) in [6, 6.07) is 12.0. The van der Waals surface area contributed by atoms with Gasteiger partial charge in [0.05, 0.1) is 6.61 Å². The SMILES string of the molecule is CCc1ccc(Oc2ccc(CO)cc2F)cc1. The van der Waals surface area contributed by atoms with Gasteiger partial charge in [0.1, 0.15) is 5.75 Å². The summed E-state index contributed by atoms with van der Waals surface area (Å²) in [4.78, 5) is 0.